The third kappa shape index (κ3) is 2.76. The summed E-state index contributed by atoms with van der Waals surface area (Å²) in [5.41, 5.74) is 1.50. The van der Waals surface area contributed by atoms with E-state index in [-0.39, 0.29) is 18.1 Å². The van der Waals surface area contributed by atoms with Crippen LogP contribution < -0.4 is 14.7 Å². The van der Waals surface area contributed by atoms with Crippen LogP contribution in [0.3, 0.4) is 0 Å². The Balaban J connectivity index is 1.90. The topological polar surface area (TPSA) is 69.7 Å². The van der Waals surface area contributed by atoms with E-state index in [2.05, 4.69) is 0 Å². The van der Waals surface area contributed by atoms with Crippen LogP contribution in [0.5, 0.6) is 5.75 Å². The van der Waals surface area contributed by atoms with Gasteiger partial charge < -0.3 is 19.5 Å². The van der Waals surface area contributed by atoms with Crippen molar-refractivity contribution in [1.29, 1.82) is 0 Å². The molecule has 0 unspecified atom stereocenters. The van der Waals surface area contributed by atoms with Crippen molar-refractivity contribution < 1.29 is 19.4 Å². The second-order valence-corrected chi connectivity index (χ2v) is 5.30. The van der Waals surface area contributed by atoms with Crippen molar-refractivity contribution in [3.8, 4) is 5.75 Å². The van der Waals surface area contributed by atoms with Gasteiger partial charge in [-0.1, -0.05) is 35.9 Å². The molecule has 2 aromatic carbocycles. The first-order chi connectivity index (χ1) is 10.5. The van der Waals surface area contributed by atoms with Crippen molar-refractivity contribution >= 4 is 29.2 Å². The number of carboxylic acid groups (broad SMARTS) is 1. The first-order valence-corrected chi connectivity index (χ1v) is 6.95. The highest BCUT2D eigenvalue weighted by molar-refractivity contribution is 6.31. The van der Waals surface area contributed by atoms with Crippen molar-refractivity contribution in [3.63, 3.8) is 0 Å². The van der Waals surface area contributed by atoms with E-state index in [1.807, 2.05) is 0 Å². The zero-order valence-corrected chi connectivity index (χ0v) is 12.2. The second-order valence-electron chi connectivity index (χ2n) is 4.86. The molecule has 5 nitrogen and oxygen atoms in total. The minimum atomic E-state index is -1.23. The molecule has 1 heterocycles. The molecule has 2 aromatic rings. The van der Waals surface area contributed by atoms with Gasteiger partial charge in [0.25, 0.3) is 5.91 Å². The van der Waals surface area contributed by atoms with Crippen molar-refractivity contribution in [1.82, 2.24) is 0 Å². The molecule has 1 aliphatic heterocycles. The number of ether oxygens (including phenoxy) is 1. The fourth-order valence-electron chi connectivity index (χ4n) is 2.28. The molecule has 22 heavy (non-hydrogen) atoms. The van der Waals surface area contributed by atoms with E-state index < -0.39 is 5.97 Å². The summed E-state index contributed by atoms with van der Waals surface area (Å²) in [4.78, 5) is 24.4. The average Bonchev–Trinajstić information content (AvgIpc) is 2.51. The van der Waals surface area contributed by atoms with Crippen LogP contribution in [0.25, 0.3) is 0 Å². The van der Waals surface area contributed by atoms with Gasteiger partial charge in [-0.3, -0.25) is 4.79 Å². The van der Waals surface area contributed by atoms with Crippen molar-refractivity contribution in [3.05, 3.63) is 58.6 Å². The van der Waals surface area contributed by atoms with Crippen molar-refractivity contribution in [2.75, 3.05) is 11.5 Å². The zero-order chi connectivity index (χ0) is 15.7. The number of rotatable bonds is 3. The summed E-state index contributed by atoms with van der Waals surface area (Å²) in [7, 11) is 0. The summed E-state index contributed by atoms with van der Waals surface area (Å²) in [6, 6.07) is 11.3. The molecule has 0 bridgehead atoms. The number of hydrogen-bond acceptors (Lipinski definition) is 4. The molecule has 6 heteroatoms. The van der Waals surface area contributed by atoms with E-state index in [9.17, 15) is 14.7 Å². The van der Waals surface area contributed by atoms with E-state index in [1.165, 1.54) is 12.1 Å². The zero-order valence-electron chi connectivity index (χ0n) is 11.4. The van der Waals surface area contributed by atoms with Crippen molar-refractivity contribution in [2.45, 2.75) is 6.54 Å². The van der Waals surface area contributed by atoms with Gasteiger partial charge in [0, 0.05) is 5.02 Å². The normalized spacial score (nSPS) is 13.5. The Hall–Kier alpha value is -2.53. The number of carboxylic acids is 1. The number of carbonyl (C=O) groups is 2. The molecule has 0 saturated carbocycles. The monoisotopic (exact) mass is 316 g/mol. The quantitative estimate of drug-likeness (QED) is 0.863. The van der Waals surface area contributed by atoms with Crippen molar-refractivity contribution in [2.24, 2.45) is 0 Å². The lowest BCUT2D eigenvalue weighted by atomic mass is 10.1. The molecule has 112 valence electrons. The van der Waals surface area contributed by atoms with E-state index in [4.69, 9.17) is 16.3 Å². The maximum Gasteiger partial charge on any atom is 0.265 e. The van der Waals surface area contributed by atoms with Gasteiger partial charge in [-0.25, -0.2) is 0 Å². The van der Waals surface area contributed by atoms with Crippen LogP contribution in [0.1, 0.15) is 15.9 Å². The molecule has 1 amide bonds. The van der Waals surface area contributed by atoms with Crippen LogP contribution >= 0.6 is 11.6 Å². The minimum absolute atomic E-state index is 0.0360. The van der Waals surface area contributed by atoms with Gasteiger partial charge >= 0.3 is 0 Å². The molecule has 3 rings (SSSR count). The second kappa shape index (κ2) is 5.69. The number of halogens is 1. The maximum absolute atomic E-state index is 12.1. The SMILES string of the molecule is O=C([O-])c1ccc(CN2C(=O)COc3ccc(Cl)cc32)cc1. The molecule has 0 aromatic heterocycles. The lowest BCUT2D eigenvalue weighted by Gasteiger charge is -2.29. The molecule has 0 radical (unpaired) electrons. The summed E-state index contributed by atoms with van der Waals surface area (Å²) in [6.45, 7) is 0.272. The van der Waals surface area contributed by atoms with Gasteiger partial charge in [0.1, 0.15) is 5.75 Å². The fourth-order valence-corrected chi connectivity index (χ4v) is 2.44. The van der Waals surface area contributed by atoms with E-state index in [0.717, 1.165) is 5.56 Å². The predicted octanol–water partition coefficient (Wildman–Crippen LogP) is 1.63. The van der Waals surface area contributed by atoms with Gasteiger partial charge in [0.05, 0.1) is 18.2 Å². The molecular weight excluding hydrogens is 306 g/mol. The third-order valence-electron chi connectivity index (χ3n) is 3.39. The molecular formula is C16H11ClNO4-. The number of amides is 1. The van der Waals surface area contributed by atoms with Gasteiger partial charge in [-0.2, -0.15) is 0 Å². The maximum atomic E-state index is 12.1. The summed E-state index contributed by atoms with van der Waals surface area (Å²) in [5.74, 6) is -0.819. The Kier molecular flexibility index (Phi) is 3.73. The minimum Gasteiger partial charge on any atom is -0.545 e. The van der Waals surface area contributed by atoms with Gasteiger partial charge in [0.15, 0.2) is 6.61 Å². The van der Waals surface area contributed by atoms with Gasteiger partial charge in [0.2, 0.25) is 0 Å². The molecule has 0 aliphatic carbocycles. The van der Waals surface area contributed by atoms with Crippen LogP contribution in [0, 0.1) is 0 Å². The lowest BCUT2D eigenvalue weighted by Crippen LogP contribution is -2.38. The number of nitrogens with zero attached hydrogens (tertiary/aromatic N) is 1. The Morgan fingerprint density at radius 3 is 2.64 bits per heavy atom. The van der Waals surface area contributed by atoms with Crippen LogP contribution in [0.4, 0.5) is 5.69 Å². The third-order valence-corrected chi connectivity index (χ3v) is 3.63. The standard InChI is InChI=1S/C16H12ClNO4/c17-12-5-6-14-13(7-12)18(15(19)9-22-14)8-10-1-3-11(4-2-10)16(20)21/h1-7H,8-9H2,(H,20,21)/p-1. The summed E-state index contributed by atoms with van der Waals surface area (Å²) in [5, 5.41) is 11.3. The first-order valence-electron chi connectivity index (χ1n) is 6.57. The first kappa shape index (κ1) is 14.4. The number of benzene rings is 2. The smallest absolute Gasteiger partial charge is 0.265 e. The Labute approximate surface area is 131 Å². The van der Waals surface area contributed by atoms with Crippen LogP contribution in [0.15, 0.2) is 42.5 Å². The molecule has 0 fully saturated rings. The number of hydrogen-bond donors (Lipinski definition) is 0. The number of aromatic carboxylic acids is 1. The summed E-state index contributed by atoms with van der Waals surface area (Å²) in [6.07, 6.45) is 0. The highest BCUT2D eigenvalue weighted by Crippen LogP contribution is 2.35. The van der Waals surface area contributed by atoms with E-state index in [1.54, 1.807) is 35.2 Å². The Morgan fingerprint density at radius 2 is 1.95 bits per heavy atom. The van der Waals surface area contributed by atoms with E-state index >= 15 is 0 Å². The fraction of sp³-hybridized carbons (Fsp3) is 0.125. The number of anilines is 1. The molecule has 0 atom stereocenters. The summed E-state index contributed by atoms with van der Waals surface area (Å²) < 4.78 is 5.37. The number of fused-ring (bicyclic) bond motifs is 1. The Morgan fingerprint density at radius 1 is 1.23 bits per heavy atom. The molecule has 0 spiro atoms. The summed E-state index contributed by atoms with van der Waals surface area (Å²) >= 11 is 5.98. The lowest BCUT2D eigenvalue weighted by molar-refractivity contribution is -0.255. The van der Waals surface area contributed by atoms with Gasteiger partial charge in [-0.15, -0.1) is 0 Å². The molecule has 1 aliphatic rings. The highest BCUT2D eigenvalue weighted by atomic mass is 35.5. The average molecular weight is 317 g/mol. The van der Waals surface area contributed by atoms with Crippen LogP contribution in [-0.4, -0.2) is 18.5 Å². The highest BCUT2D eigenvalue weighted by Gasteiger charge is 2.25. The number of carbonyl (C=O) groups excluding carboxylic acids is 2. The molecule has 0 saturated heterocycles. The molecule has 0 N–H and O–H groups in total. The van der Waals surface area contributed by atoms with Gasteiger partial charge in [-0.05, 0) is 29.3 Å². The Bertz CT molecular complexity index is 742. The van der Waals surface area contributed by atoms with Crippen LogP contribution in [-0.2, 0) is 11.3 Å². The predicted molar refractivity (Wildman–Crippen MR) is 78.9 cm³/mol. The largest absolute Gasteiger partial charge is 0.545 e. The van der Waals surface area contributed by atoms with Crippen LogP contribution in [0.2, 0.25) is 5.02 Å². The van der Waals surface area contributed by atoms with E-state index in [0.29, 0.717) is 23.0 Å².